The van der Waals surface area contributed by atoms with Crippen molar-refractivity contribution in [3.8, 4) is 11.5 Å². The van der Waals surface area contributed by atoms with E-state index in [1.807, 2.05) is 41.3 Å². The average Bonchev–Trinajstić information content (AvgIpc) is 3.35. The van der Waals surface area contributed by atoms with Crippen molar-refractivity contribution < 1.29 is 18.7 Å². The van der Waals surface area contributed by atoms with Gasteiger partial charge in [-0.25, -0.2) is 14.4 Å². The fourth-order valence-corrected chi connectivity index (χ4v) is 4.60. The van der Waals surface area contributed by atoms with Crippen LogP contribution in [0.25, 0.3) is 0 Å². The smallest absolute Gasteiger partial charge is 0.231 e. The van der Waals surface area contributed by atoms with Crippen molar-refractivity contribution in [2.24, 2.45) is 0 Å². The van der Waals surface area contributed by atoms with E-state index in [0.717, 1.165) is 35.2 Å². The number of anilines is 2. The first-order chi connectivity index (χ1) is 16.7. The maximum absolute atomic E-state index is 14.1. The molecule has 34 heavy (non-hydrogen) atoms. The Morgan fingerprint density at radius 2 is 1.79 bits per heavy atom. The minimum absolute atomic E-state index is 0.0821. The predicted molar refractivity (Wildman–Crippen MR) is 128 cm³/mol. The largest absolute Gasteiger partial charge is 0.454 e. The zero-order chi connectivity index (χ0) is 23.3. The number of carbonyl (C=O) groups is 1. The number of nitrogens with zero attached hydrogens (tertiary/aromatic N) is 4. The highest BCUT2D eigenvalue weighted by Gasteiger charge is 2.21. The second kappa shape index (κ2) is 10.2. The molecule has 2 aromatic carbocycles. The molecule has 0 unspecified atom stereocenters. The molecule has 0 atom stereocenters. The Bertz CT molecular complexity index is 1170. The number of para-hydroxylation sites is 1. The van der Waals surface area contributed by atoms with Crippen LogP contribution in [-0.4, -0.2) is 54.6 Å². The lowest BCUT2D eigenvalue weighted by Gasteiger charge is -2.36. The van der Waals surface area contributed by atoms with E-state index >= 15 is 0 Å². The molecule has 0 bridgehead atoms. The van der Waals surface area contributed by atoms with Gasteiger partial charge in [-0.1, -0.05) is 30.0 Å². The number of benzene rings is 2. The molecule has 1 saturated heterocycles. The zero-order valence-electron chi connectivity index (χ0n) is 18.4. The van der Waals surface area contributed by atoms with Crippen molar-refractivity contribution in [1.82, 2.24) is 15.3 Å². The lowest BCUT2D eigenvalue weighted by atomic mass is 10.2. The van der Waals surface area contributed by atoms with Crippen LogP contribution in [0, 0.1) is 5.82 Å². The van der Waals surface area contributed by atoms with Crippen LogP contribution in [0.15, 0.2) is 59.9 Å². The Hall–Kier alpha value is -3.53. The van der Waals surface area contributed by atoms with E-state index in [0.29, 0.717) is 31.1 Å². The second-order valence-electron chi connectivity index (χ2n) is 7.89. The van der Waals surface area contributed by atoms with E-state index in [2.05, 4.69) is 20.2 Å². The first kappa shape index (κ1) is 22.3. The summed E-state index contributed by atoms with van der Waals surface area (Å²) in [6, 6.07) is 14.4. The lowest BCUT2D eigenvalue weighted by molar-refractivity contribution is -0.118. The Kier molecular flexibility index (Phi) is 6.66. The fourth-order valence-electron chi connectivity index (χ4n) is 3.91. The summed E-state index contributed by atoms with van der Waals surface area (Å²) in [6.45, 7) is 3.50. The summed E-state index contributed by atoms with van der Waals surface area (Å²) < 4.78 is 24.8. The molecule has 0 saturated carbocycles. The zero-order valence-corrected chi connectivity index (χ0v) is 19.3. The maximum Gasteiger partial charge on any atom is 0.231 e. The van der Waals surface area contributed by atoms with Gasteiger partial charge in [-0.05, 0) is 29.8 Å². The predicted octanol–water partition coefficient (Wildman–Crippen LogP) is 3.08. The van der Waals surface area contributed by atoms with E-state index in [1.54, 1.807) is 6.07 Å². The molecule has 3 heterocycles. The topological polar surface area (TPSA) is 79.8 Å². The number of nitrogens with one attached hydrogen (secondary N) is 1. The molecule has 1 N–H and O–H groups in total. The summed E-state index contributed by atoms with van der Waals surface area (Å²) in [5, 5.41) is 3.65. The molecular formula is C24H24FN5O3S. The number of rotatable bonds is 7. The molecule has 1 amide bonds. The van der Waals surface area contributed by atoms with E-state index in [1.165, 1.54) is 24.2 Å². The quantitative estimate of drug-likeness (QED) is 0.408. The summed E-state index contributed by atoms with van der Waals surface area (Å²) >= 11 is 1.37. The van der Waals surface area contributed by atoms with Crippen LogP contribution in [0.5, 0.6) is 11.5 Å². The van der Waals surface area contributed by atoms with Crippen LogP contribution in [0.2, 0.25) is 0 Å². The van der Waals surface area contributed by atoms with Gasteiger partial charge in [-0.15, -0.1) is 0 Å². The fraction of sp³-hybridized carbons (Fsp3) is 0.292. The van der Waals surface area contributed by atoms with Crippen LogP contribution in [0.4, 0.5) is 15.9 Å². The number of carbonyl (C=O) groups excluding carboxylic acids is 1. The molecule has 3 aromatic rings. The summed E-state index contributed by atoms with van der Waals surface area (Å²) in [5.74, 6) is 2.20. The van der Waals surface area contributed by atoms with Crippen molar-refractivity contribution in [2.45, 2.75) is 11.6 Å². The molecule has 1 aromatic heterocycles. The average molecular weight is 482 g/mol. The number of hydrogen-bond donors (Lipinski definition) is 1. The summed E-state index contributed by atoms with van der Waals surface area (Å²) in [6.07, 6.45) is 1.52. The molecule has 1 fully saturated rings. The van der Waals surface area contributed by atoms with E-state index in [9.17, 15) is 9.18 Å². The van der Waals surface area contributed by atoms with Gasteiger partial charge >= 0.3 is 0 Å². The number of fused-ring (bicyclic) bond motifs is 1. The molecule has 0 spiro atoms. The molecule has 0 radical (unpaired) electrons. The number of ether oxygens (including phenoxy) is 2. The minimum Gasteiger partial charge on any atom is -0.454 e. The Morgan fingerprint density at radius 1 is 1.00 bits per heavy atom. The van der Waals surface area contributed by atoms with Gasteiger partial charge in [0, 0.05) is 38.8 Å². The third kappa shape index (κ3) is 5.17. The Balaban J connectivity index is 1.10. The molecular weight excluding hydrogens is 457 g/mol. The van der Waals surface area contributed by atoms with Crippen molar-refractivity contribution in [1.29, 1.82) is 0 Å². The normalized spacial score (nSPS) is 14.9. The third-order valence-corrected chi connectivity index (χ3v) is 6.63. The maximum atomic E-state index is 14.1. The number of halogens is 1. The second-order valence-corrected chi connectivity index (χ2v) is 8.89. The number of aromatic nitrogens is 2. The van der Waals surface area contributed by atoms with Gasteiger partial charge in [-0.3, -0.25) is 4.79 Å². The monoisotopic (exact) mass is 481 g/mol. The molecule has 5 rings (SSSR count). The third-order valence-electron chi connectivity index (χ3n) is 5.70. The molecule has 2 aliphatic rings. The van der Waals surface area contributed by atoms with E-state index in [4.69, 9.17) is 9.47 Å². The van der Waals surface area contributed by atoms with Gasteiger partial charge in [0.2, 0.25) is 12.7 Å². The van der Waals surface area contributed by atoms with Gasteiger partial charge in [0.25, 0.3) is 0 Å². The van der Waals surface area contributed by atoms with Gasteiger partial charge < -0.3 is 24.6 Å². The Labute approximate surface area is 201 Å². The van der Waals surface area contributed by atoms with Crippen molar-refractivity contribution in [3.63, 3.8) is 0 Å². The summed E-state index contributed by atoms with van der Waals surface area (Å²) in [4.78, 5) is 25.2. The molecule has 0 aliphatic carbocycles. The highest BCUT2D eigenvalue weighted by atomic mass is 32.2. The van der Waals surface area contributed by atoms with Crippen LogP contribution >= 0.6 is 11.8 Å². The van der Waals surface area contributed by atoms with Crippen LogP contribution < -0.4 is 24.6 Å². The van der Waals surface area contributed by atoms with Crippen molar-refractivity contribution >= 4 is 29.2 Å². The number of hydrogen-bond acceptors (Lipinski definition) is 8. The number of thioether (sulfide) groups is 1. The SMILES string of the molecule is O=C(CSc1cc(N2CCN(c3ccccc3F)CC2)ncn1)NCc1ccc2c(c1)OCO2. The van der Waals surface area contributed by atoms with Crippen molar-refractivity contribution in [3.05, 3.63) is 66.2 Å². The highest BCUT2D eigenvalue weighted by molar-refractivity contribution is 7.99. The van der Waals surface area contributed by atoms with Gasteiger partial charge in [-0.2, -0.15) is 0 Å². The highest BCUT2D eigenvalue weighted by Crippen LogP contribution is 2.32. The van der Waals surface area contributed by atoms with E-state index in [-0.39, 0.29) is 24.3 Å². The molecule has 8 nitrogen and oxygen atoms in total. The van der Waals surface area contributed by atoms with Crippen LogP contribution in [-0.2, 0) is 11.3 Å². The summed E-state index contributed by atoms with van der Waals surface area (Å²) in [5.41, 5.74) is 1.58. The summed E-state index contributed by atoms with van der Waals surface area (Å²) in [7, 11) is 0. The minimum atomic E-state index is -0.200. The number of piperazine rings is 1. The first-order valence-corrected chi connectivity index (χ1v) is 12.0. The van der Waals surface area contributed by atoms with E-state index < -0.39 is 0 Å². The lowest BCUT2D eigenvalue weighted by Crippen LogP contribution is -2.47. The Morgan fingerprint density at radius 3 is 2.65 bits per heavy atom. The standard InChI is InChI=1S/C24H24FN5O3S/c25-18-3-1-2-4-19(18)29-7-9-30(10-8-29)22-12-24(28-15-27-22)34-14-23(31)26-13-17-5-6-20-21(11-17)33-16-32-20/h1-6,11-12,15H,7-10,13-14,16H2,(H,26,31). The molecule has 2 aliphatic heterocycles. The molecule has 176 valence electrons. The molecule has 10 heteroatoms. The van der Waals surface area contributed by atoms with Crippen LogP contribution in [0.1, 0.15) is 5.56 Å². The van der Waals surface area contributed by atoms with Gasteiger partial charge in [0.05, 0.1) is 11.4 Å². The van der Waals surface area contributed by atoms with Gasteiger partial charge in [0.15, 0.2) is 11.5 Å². The first-order valence-electron chi connectivity index (χ1n) is 11.0. The van der Waals surface area contributed by atoms with Crippen LogP contribution in [0.3, 0.4) is 0 Å². The van der Waals surface area contributed by atoms with Crippen molar-refractivity contribution in [2.75, 3.05) is 48.5 Å². The number of amides is 1. The van der Waals surface area contributed by atoms with Gasteiger partial charge in [0.1, 0.15) is 23.0 Å².